The molecule has 1 atom stereocenters. The molecule has 0 saturated carbocycles. The van der Waals surface area contributed by atoms with E-state index >= 15 is 0 Å². The molecule has 1 aromatic rings. The number of nitrogens with zero attached hydrogens (tertiary/aromatic N) is 1. The number of esters is 1. The van der Waals surface area contributed by atoms with Gasteiger partial charge in [0.1, 0.15) is 12.6 Å². The van der Waals surface area contributed by atoms with Crippen molar-refractivity contribution in [3.05, 3.63) is 29.3 Å². The molecule has 17 heteroatoms. The first kappa shape index (κ1) is 49.5. The maximum absolute atomic E-state index is 13.2. The third-order valence-corrected chi connectivity index (χ3v) is 9.39. The summed E-state index contributed by atoms with van der Waals surface area (Å²) in [6.07, 6.45) is 9.76. The van der Waals surface area contributed by atoms with Gasteiger partial charge in [0.15, 0.2) is 0 Å². The van der Waals surface area contributed by atoms with E-state index in [4.69, 9.17) is 37.9 Å². The van der Waals surface area contributed by atoms with Gasteiger partial charge in [0, 0.05) is 25.9 Å². The third-order valence-electron chi connectivity index (χ3n) is 9.39. The van der Waals surface area contributed by atoms with Crippen molar-refractivity contribution in [3.63, 3.8) is 0 Å². The van der Waals surface area contributed by atoms with Crippen LogP contribution in [0.1, 0.15) is 111 Å². The summed E-state index contributed by atoms with van der Waals surface area (Å²) in [5, 5.41) is 4.90. The van der Waals surface area contributed by atoms with Crippen molar-refractivity contribution in [2.24, 2.45) is 0 Å². The first-order chi connectivity index (χ1) is 28.8. The van der Waals surface area contributed by atoms with E-state index in [2.05, 4.69) is 17.6 Å². The second-order valence-electron chi connectivity index (χ2n) is 14.1. The summed E-state index contributed by atoms with van der Waals surface area (Å²) in [5.74, 6) is -2.88. The number of hydrogen-bond acceptors (Lipinski definition) is 14. The van der Waals surface area contributed by atoms with Crippen LogP contribution >= 0.6 is 0 Å². The summed E-state index contributed by atoms with van der Waals surface area (Å²) < 4.78 is 43.7. The lowest BCUT2D eigenvalue weighted by Gasteiger charge is -2.27. The van der Waals surface area contributed by atoms with Crippen molar-refractivity contribution in [1.29, 1.82) is 0 Å². The fourth-order valence-corrected chi connectivity index (χ4v) is 6.26. The van der Waals surface area contributed by atoms with Crippen LogP contribution in [0.15, 0.2) is 18.2 Å². The Morgan fingerprint density at radius 3 is 1.71 bits per heavy atom. The molecule has 17 nitrogen and oxygen atoms in total. The monoisotopic (exact) mass is 835 g/mol. The Kier molecular flexibility index (Phi) is 26.1. The van der Waals surface area contributed by atoms with Crippen LogP contribution in [-0.2, 0) is 57.1 Å². The second kappa shape index (κ2) is 31.1. The Labute approximate surface area is 347 Å². The van der Waals surface area contributed by atoms with Crippen molar-refractivity contribution >= 4 is 41.2 Å². The maximum Gasteiger partial charge on any atom is 0.305 e. The van der Waals surface area contributed by atoms with Gasteiger partial charge in [0.05, 0.1) is 103 Å². The normalized spacial score (nSPS) is 15.1. The highest BCUT2D eigenvalue weighted by atomic mass is 16.6. The van der Waals surface area contributed by atoms with Crippen LogP contribution < -0.4 is 10.6 Å². The Morgan fingerprint density at radius 1 is 0.627 bits per heavy atom. The first-order valence-corrected chi connectivity index (χ1v) is 21.2. The zero-order chi connectivity index (χ0) is 42.3. The van der Waals surface area contributed by atoms with Gasteiger partial charge in [0.25, 0.3) is 11.8 Å². The van der Waals surface area contributed by atoms with Crippen LogP contribution in [-0.4, -0.2) is 146 Å². The van der Waals surface area contributed by atoms with Crippen LogP contribution in [0.5, 0.6) is 0 Å². The Morgan fingerprint density at radius 2 is 1.14 bits per heavy atom. The van der Waals surface area contributed by atoms with Crippen molar-refractivity contribution in [1.82, 2.24) is 10.2 Å². The lowest BCUT2D eigenvalue weighted by atomic mass is 10.0. The van der Waals surface area contributed by atoms with Crippen LogP contribution in [0.4, 0.5) is 5.69 Å². The number of imide groups is 2. The molecule has 1 unspecified atom stereocenters. The van der Waals surface area contributed by atoms with E-state index in [-0.39, 0.29) is 54.6 Å². The van der Waals surface area contributed by atoms with E-state index in [1.165, 1.54) is 31.7 Å². The topological polar surface area (TPSA) is 204 Å². The fourth-order valence-electron chi connectivity index (χ4n) is 6.26. The number of carbonyl (C=O) groups excluding carboxylic acids is 6. The molecule has 0 spiro atoms. The predicted molar refractivity (Wildman–Crippen MR) is 215 cm³/mol. The van der Waals surface area contributed by atoms with Gasteiger partial charge < -0.3 is 43.2 Å². The average Bonchev–Trinajstić information content (AvgIpc) is 3.47. The molecule has 1 fully saturated rings. The predicted octanol–water partition coefficient (Wildman–Crippen LogP) is 4.00. The Balaban J connectivity index is 1.02. The number of benzene rings is 1. The van der Waals surface area contributed by atoms with Crippen molar-refractivity contribution in [2.75, 3.05) is 104 Å². The Hall–Kier alpha value is -3.84. The van der Waals surface area contributed by atoms with Crippen LogP contribution in [0.2, 0.25) is 0 Å². The second-order valence-corrected chi connectivity index (χ2v) is 14.1. The minimum Gasteiger partial charge on any atom is -0.463 e. The molecular formula is C42H65N3O14. The Bertz CT molecular complexity index is 1430. The molecule has 5 amide bonds. The van der Waals surface area contributed by atoms with E-state index in [0.29, 0.717) is 105 Å². The molecule has 1 saturated heterocycles. The molecule has 0 bridgehead atoms. The zero-order valence-corrected chi connectivity index (χ0v) is 34.8. The molecule has 2 N–H and O–H groups in total. The molecule has 2 heterocycles. The lowest BCUT2D eigenvalue weighted by Crippen LogP contribution is -2.54. The lowest BCUT2D eigenvalue weighted by molar-refractivity contribution is -0.145. The van der Waals surface area contributed by atoms with Gasteiger partial charge >= 0.3 is 5.97 Å². The summed E-state index contributed by atoms with van der Waals surface area (Å²) in [4.78, 5) is 75.2. The van der Waals surface area contributed by atoms with Gasteiger partial charge in [-0.2, -0.15) is 0 Å². The highest BCUT2D eigenvalue weighted by Gasteiger charge is 2.45. The van der Waals surface area contributed by atoms with Crippen molar-refractivity contribution < 1.29 is 66.7 Å². The minimum absolute atomic E-state index is 0.0273. The summed E-state index contributed by atoms with van der Waals surface area (Å²) >= 11 is 0. The molecule has 3 rings (SSSR count). The molecule has 59 heavy (non-hydrogen) atoms. The average molecular weight is 836 g/mol. The number of nitrogens with one attached hydrogen (secondary N) is 2. The van der Waals surface area contributed by atoms with E-state index in [0.717, 1.165) is 30.6 Å². The van der Waals surface area contributed by atoms with Gasteiger partial charge in [-0.15, -0.1) is 0 Å². The SMILES string of the molecule is CCCCCCCCC(=O)OCCOCCOCCOCCOCCOCCOCCOCCCCCC(=O)Nc1cccc2c1C(=O)N(C1CCC(=O)NC1=O)C2=O. The molecular weight excluding hydrogens is 770 g/mol. The first-order valence-electron chi connectivity index (χ1n) is 21.2. The van der Waals surface area contributed by atoms with Crippen LogP contribution in [0.3, 0.4) is 0 Å². The highest BCUT2D eigenvalue weighted by Crippen LogP contribution is 2.32. The van der Waals surface area contributed by atoms with Crippen molar-refractivity contribution in [3.8, 4) is 0 Å². The summed E-state index contributed by atoms with van der Waals surface area (Å²) in [6.45, 7) is 8.74. The van der Waals surface area contributed by atoms with Gasteiger partial charge in [0.2, 0.25) is 17.7 Å². The van der Waals surface area contributed by atoms with Gasteiger partial charge in [-0.3, -0.25) is 39.0 Å². The minimum atomic E-state index is -1.07. The van der Waals surface area contributed by atoms with Crippen molar-refractivity contribution in [2.45, 2.75) is 96.4 Å². The number of anilines is 1. The number of unbranched alkanes of at least 4 members (excludes halogenated alkanes) is 7. The maximum atomic E-state index is 13.2. The van der Waals surface area contributed by atoms with E-state index < -0.39 is 29.7 Å². The molecule has 0 aliphatic carbocycles. The molecule has 2 aliphatic heterocycles. The molecule has 0 radical (unpaired) electrons. The standard InChI is InChI=1S/C42H65N3O14/c1-2-3-4-5-6-9-15-38(48)59-32-31-58-30-29-57-28-27-56-26-25-55-24-23-54-22-21-53-20-19-52-18-10-7-8-14-36(46)43-34-13-11-12-33-39(34)42(51)45(41(33)50)35-16-17-37(47)44-40(35)49/h11-13,35H,2-10,14-32H2,1H3,(H,43,46)(H,44,47,49). The zero-order valence-electron chi connectivity index (χ0n) is 34.8. The molecule has 1 aromatic carbocycles. The van der Waals surface area contributed by atoms with E-state index in [1.807, 2.05) is 0 Å². The largest absolute Gasteiger partial charge is 0.463 e. The number of rotatable bonds is 36. The van der Waals surface area contributed by atoms with Crippen LogP contribution in [0, 0.1) is 0 Å². The fraction of sp³-hybridized carbons (Fsp3) is 0.714. The molecule has 2 aliphatic rings. The van der Waals surface area contributed by atoms with E-state index in [1.54, 1.807) is 12.1 Å². The summed E-state index contributed by atoms with van der Waals surface area (Å²) in [5.41, 5.74) is 0.379. The quantitative estimate of drug-likeness (QED) is 0.0558. The number of fused-ring (bicyclic) bond motifs is 1. The van der Waals surface area contributed by atoms with E-state index in [9.17, 15) is 28.8 Å². The number of amides is 5. The molecule has 332 valence electrons. The summed E-state index contributed by atoms with van der Waals surface area (Å²) in [6, 6.07) is 3.53. The number of piperidine rings is 1. The van der Waals surface area contributed by atoms with Gasteiger partial charge in [-0.05, 0) is 37.8 Å². The third kappa shape index (κ3) is 20.3. The highest BCUT2D eigenvalue weighted by molar-refractivity contribution is 6.26. The number of ether oxygens (including phenoxy) is 8. The number of hydrogen-bond donors (Lipinski definition) is 2. The molecule has 0 aromatic heterocycles. The van der Waals surface area contributed by atoms with Gasteiger partial charge in [-0.1, -0.05) is 51.5 Å². The summed E-state index contributed by atoms with van der Waals surface area (Å²) in [7, 11) is 0. The van der Waals surface area contributed by atoms with Crippen LogP contribution in [0.25, 0.3) is 0 Å². The smallest absolute Gasteiger partial charge is 0.305 e. The number of carbonyl (C=O) groups is 6. The van der Waals surface area contributed by atoms with Gasteiger partial charge in [-0.25, -0.2) is 0 Å².